The van der Waals surface area contributed by atoms with Crippen molar-refractivity contribution in [1.82, 2.24) is 0 Å². The van der Waals surface area contributed by atoms with Gasteiger partial charge in [-0.2, -0.15) is 0 Å². The van der Waals surface area contributed by atoms with E-state index in [0.29, 0.717) is 12.0 Å². The zero-order valence-electron chi connectivity index (χ0n) is 11.4. The lowest BCUT2D eigenvalue weighted by Crippen LogP contribution is -2.19. The molecule has 1 aromatic rings. The minimum Gasteiger partial charge on any atom is -0.378 e. The second-order valence-electron chi connectivity index (χ2n) is 5.16. The molecule has 1 aliphatic rings. The fourth-order valence-electron chi connectivity index (χ4n) is 2.82. The van der Waals surface area contributed by atoms with E-state index in [9.17, 15) is 0 Å². The van der Waals surface area contributed by atoms with E-state index >= 15 is 0 Å². The van der Waals surface area contributed by atoms with E-state index in [1.54, 1.807) is 0 Å². The van der Waals surface area contributed by atoms with Crippen molar-refractivity contribution in [2.45, 2.75) is 51.0 Å². The van der Waals surface area contributed by atoms with Gasteiger partial charge in [0.05, 0.1) is 11.5 Å². The van der Waals surface area contributed by atoms with Crippen molar-refractivity contribution in [1.29, 1.82) is 0 Å². The van der Waals surface area contributed by atoms with Gasteiger partial charge < -0.3 is 4.74 Å². The molecule has 1 saturated heterocycles. The SMILES string of the molecule is CCCc1ccc(C(Cl)C2CCOC2CC)cc1. The monoisotopic (exact) mass is 266 g/mol. The van der Waals surface area contributed by atoms with Crippen molar-refractivity contribution in [3.05, 3.63) is 35.4 Å². The molecule has 0 spiro atoms. The third-order valence-corrected chi connectivity index (χ3v) is 4.45. The molecule has 1 aliphatic heterocycles. The number of aryl methyl sites for hydroxylation is 1. The molecule has 100 valence electrons. The zero-order valence-corrected chi connectivity index (χ0v) is 12.1. The number of hydrogen-bond donors (Lipinski definition) is 0. The van der Waals surface area contributed by atoms with Crippen LogP contribution in [0.25, 0.3) is 0 Å². The molecular formula is C16H23ClO. The summed E-state index contributed by atoms with van der Waals surface area (Å²) in [7, 11) is 0. The van der Waals surface area contributed by atoms with Crippen LogP contribution in [-0.4, -0.2) is 12.7 Å². The highest BCUT2D eigenvalue weighted by Gasteiger charge is 2.33. The third kappa shape index (κ3) is 3.07. The predicted molar refractivity (Wildman–Crippen MR) is 77.2 cm³/mol. The lowest BCUT2D eigenvalue weighted by molar-refractivity contribution is 0.0864. The van der Waals surface area contributed by atoms with Gasteiger partial charge in [-0.15, -0.1) is 11.6 Å². The Morgan fingerprint density at radius 3 is 2.61 bits per heavy atom. The molecule has 0 saturated carbocycles. The van der Waals surface area contributed by atoms with Crippen LogP contribution in [0, 0.1) is 5.92 Å². The van der Waals surface area contributed by atoms with Crippen molar-refractivity contribution in [3.63, 3.8) is 0 Å². The topological polar surface area (TPSA) is 9.23 Å². The standard InChI is InChI=1S/C16H23ClO/c1-3-5-12-6-8-13(9-7-12)16(17)14-10-11-18-15(14)4-2/h6-9,14-16H,3-5,10-11H2,1-2H3. The minimum absolute atomic E-state index is 0.0909. The molecule has 0 aromatic heterocycles. The van der Waals surface area contributed by atoms with Gasteiger partial charge >= 0.3 is 0 Å². The molecule has 1 heterocycles. The largest absolute Gasteiger partial charge is 0.378 e. The summed E-state index contributed by atoms with van der Waals surface area (Å²) in [5.41, 5.74) is 2.64. The van der Waals surface area contributed by atoms with Gasteiger partial charge in [0.2, 0.25) is 0 Å². The van der Waals surface area contributed by atoms with Crippen LogP contribution >= 0.6 is 11.6 Å². The molecule has 0 N–H and O–H groups in total. The Balaban J connectivity index is 2.05. The molecule has 18 heavy (non-hydrogen) atoms. The van der Waals surface area contributed by atoms with E-state index in [4.69, 9.17) is 16.3 Å². The highest BCUT2D eigenvalue weighted by Crippen LogP contribution is 2.39. The van der Waals surface area contributed by atoms with E-state index < -0.39 is 0 Å². The molecular weight excluding hydrogens is 244 g/mol. The summed E-state index contributed by atoms with van der Waals surface area (Å²) in [6.07, 6.45) is 4.82. The van der Waals surface area contributed by atoms with Crippen LogP contribution in [0.1, 0.15) is 49.6 Å². The number of halogens is 1. The van der Waals surface area contributed by atoms with Gasteiger partial charge in [-0.3, -0.25) is 0 Å². The molecule has 2 heteroatoms. The van der Waals surface area contributed by atoms with E-state index in [2.05, 4.69) is 38.1 Å². The summed E-state index contributed by atoms with van der Waals surface area (Å²) in [5, 5.41) is 0.0909. The second kappa shape index (κ2) is 6.58. The zero-order chi connectivity index (χ0) is 13.0. The number of rotatable bonds is 5. The minimum atomic E-state index is 0.0909. The van der Waals surface area contributed by atoms with E-state index in [0.717, 1.165) is 25.9 Å². The van der Waals surface area contributed by atoms with Crippen LogP contribution in [0.2, 0.25) is 0 Å². The Hall–Kier alpha value is -0.530. The summed E-state index contributed by atoms with van der Waals surface area (Å²) >= 11 is 6.64. The first-order valence-electron chi connectivity index (χ1n) is 7.10. The highest BCUT2D eigenvalue weighted by atomic mass is 35.5. The van der Waals surface area contributed by atoms with Crippen LogP contribution < -0.4 is 0 Å². The summed E-state index contributed by atoms with van der Waals surface area (Å²) < 4.78 is 5.74. The van der Waals surface area contributed by atoms with E-state index in [1.807, 2.05) is 0 Å². The first-order valence-corrected chi connectivity index (χ1v) is 7.54. The fourth-order valence-corrected chi connectivity index (χ4v) is 3.26. The van der Waals surface area contributed by atoms with Gasteiger partial charge in [-0.1, -0.05) is 44.5 Å². The van der Waals surface area contributed by atoms with E-state index in [-0.39, 0.29) is 5.38 Å². The average molecular weight is 267 g/mol. The third-order valence-electron chi connectivity index (χ3n) is 3.88. The van der Waals surface area contributed by atoms with Crippen LogP contribution in [0.3, 0.4) is 0 Å². The van der Waals surface area contributed by atoms with E-state index in [1.165, 1.54) is 17.5 Å². The fraction of sp³-hybridized carbons (Fsp3) is 0.625. The first kappa shape index (κ1) is 13.9. The lowest BCUT2D eigenvalue weighted by Gasteiger charge is -2.22. The second-order valence-corrected chi connectivity index (χ2v) is 5.63. The highest BCUT2D eigenvalue weighted by molar-refractivity contribution is 6.21. The van der Waals surface area contributed by atoms with Crippen molar-refractivity contribution in [2.24, 2.45) is 5.92 Å². The van der Waals surface area contributed by atoms with Crippen LogP contribution in [0.5, 0.6) is 0 Å². The summed E-state index contributed by atoms with van der Waals surface area (Å²) in [4.78, 5) is 0. The van der Waals surface area contributed by atoms with Gasteiger partial charge in [-0.25, -0.2) is 0 Å². The summed E-state index contributed by atoms with van der Waals surface area (Å²) in [6, 6.07) is 8.80. The maximum Gasteiger partial charge on any atom is 0.0639 e. The number of benzene rings is 1. The molecule has 0 aliphatic carbocycles. The molecule has 3 atom stereocenters. The molecule has 1 fully saturated rings. The maximum absolute atomic E-state index is 6.64. The number of hydrogen-bond acceptors (Lipinski definition) is 1. The molecule has 0 radical (unpaired) electrons. The maximum atomic E-state index is 6.64. The molecule has 0 amide bonds. The Bertz CT molecular complexity index is 360. The molecule has 1 nitrogen and oxygen atoms in total. The predicted octanol–water partition coefficient (Wildman–Crippen LogP) is 4.73. The van der Waals surface area contributed by atoms with Gasteiger partial charge in [-0.05, 0) is 30.4 Å². The summed E-state index contributed by atoms with van der Waals surface area (Å²) in [5.74, 6) is 0.466. The Morgan fingerprint density at radius 1 is 1.28 bits per heavy atom. The Kier molecular flexibility index (Phi) is 5.08. The van der Waals surface area contributed by atoms with Gasteiger partial charge in [0.25, 0.3) is 0 Å². The van der Waals surface area contributed by atoms with Crippen molar-refractivity contribution in [2.75, 3.05) is 6.61 Å². The average Bonchev–Trinajstić information content (AvgIpc) is 2.87. The van der Waals surface area contributed by atoms with Gasteiger partial charge in [0, 0.05) is 12.5 Å². The summed E-state index contributed by atoms with van der Waals surface area (Å²) in [6.45, 7) is 5.25. The van der Waals surface area contributed by atoms with Gasteiger partial charge in [0.15, 0.2) is 0 Å². The van der Waals surface area contributed by atoms with Crippen LogP contribution in [-0.2, 0) is 11.2 Å². The molecule has 1 aromatic carbocycles. The van der Waals surface area contributed by atoms with Crippen molar-refractivity contribution >= 4 is 11.6 Å². The normalized spacial score (nSPS) is 25.3. The number of ether oxygens (including phenoxy) is 1. The Morgan fingerprint density at radius 2 is 2.00 bits per heavy atom. The molecule has 3 unspecified atom stereocenters. The van der Waals surface area contributed by atoms with Gasteiger partial charge in [0.1, 0.15) is 0 Å². The van der Waals surface area contributed by atoms with Crippen molar-refractivity contribution in [3.8, 4) is 0 Å². The molecule has 0 bridgehead atoms. The van der Waals surface area contributed by atoms with Crippen LogP contribution in [0.4, 0.5) is 0 Å². The smallest absolute Gasteiger partial charge is 0.0639 e. The first-order chi connectivity index (χ1) is 8.76. The van der Waals surface area contributed by atoms with Crippen LogP contribution in [0.15, 0.2) is 24.3 Å². The Labute approximate surface area is 115 Å². The quantitative estimate of drug-likeness (QED) is 0.700. The molecule has 2 rings (SSSR count). The lowest BCUT2D eigenvalue weighted by atomic mass is 9.91. The number of alkyl halides is 1. The van der Waals surface area contributed by atoms with Crippen molar-refractivity contribution < 1.29 is 4.74 Å².